The van der Waals surface area contributed by atoms with Gasteiger partial charge in [-0.2, -0.15) is 5.10 Å². The van der Waals surface area contributed by atoms with Crippen molar-refractivity contribution in [3.05, 3.63) is 69.6 Å². The zero-order valence-electron chi connectivity index (χ0n) is 20.2. The Balaban J connectivity index is 1.43. The molecule has 5 rings (SSSR count). The van der Waals surface area contributed by atoms with Crippen LogP contribution in [-0.2, 0) is 4.79 Å². The zero-order chi connectivity index (χ0) is 24.0. The maximum atomic E-state index is 13.6. The Bertz CT molecular complexity index is 1450. The van der Waals surface area contributed by atoms with Gasteiger partial charge in [-0.15, -0.1) is 11.3 Å². The third-order valence-corrected chi connectivity index (χ3v) is 8.15. The molecule has 0 unspecified atom stereocenters. The number of aryl methyl sites for hydroxylation is 3. The molecule has 0 radical (unpaired) electrons. The van der Waals surface area contributed by atoms with Crippen LogP contribution < -0.4 is 10.5 Å². The molecule has 1 amide bonds. The highest BCUT2D eigenvalue weighted by Crippen LogP contribution is 2.33. The first-order chi connectivity index (χ1) is 16.4. The van der Waals surface area contributed by atoms with Crippen molar-refractivity contribution in [2.45, 2.75) is 40.2 Å². The van der Waals surface area contributed by atoms with Crippen LogP contribution in [0.5, 0.6) is 0 Å². The van der Waals surface area contributed by atoms with E-state index >= 15 is 0 Å². The Hall–Kier alpha value is -3.19. The van der Waals surface area contributed by atoms with Crippen molar-refractivity contribution < 1.29 is 4.79 Å². The number of hydrogen-bond acceptors (Lipinski definition) is 5. The second-order valence-corrected chi connectivity index (χ2v) is 10.2. The van der Waals surface area contributed by atoms with Crippen LogP contribution >= 0.6 is 11.3 Å². The van der Waals surface area contributed by atoms with Crippen molar-refractivity contribution >= 4 is 43.1 Å². The topological polar surface area (TPSA) is 58.4 Å². The van der Waals surface area contributed by atoms with E-state index < -0.39 is 6.04 Å². The first-order valence-corrected chi connectivity index (χ1v) is 12.7. The quantitative estimate of drug-likeness (QED) is 0.425. The van der Waals surface area contributed by atoms with E-state index in [1.54, 1.807) is 11.3 Å². The van der Waals surface area contributed by atoms with Gasteiger partial charge in [0.05, 0.1) is 15.8 Å². The minimum absolute atomic E-state index is 0.0176. The molecule has 0 aliphatic carbocycles. The van der Waals surface area contributed by atoms with E-state index in [0.717, 1.165) is 33.6 Å². The van der Waals surface area contributed by atoms with Crippen molar-refractivity contribution in [3.63, 3.8) is 0 Å². The molecule has 7 heteroatoms. The smallest absolute Gasteiger partial charge is 0.276 e. The normalized spacial score (nSPS) is 15.3. The highest BCUT2D eigenvalue weighted by atomic mass is 32.1. The van der Waals surface area contributed by atoms with Crippen molar-refractivity contribution in [2.75, 3.05) is 31.1 Å². The van der Waals surface area contributed by atoms with E-state index in [9.17, 15) is 9.59 Å². The number of hydrogen-bond donors (Lipinski definition) is 0. The molecule has 0 bridgehead atoms. The maximum absolute atomic E-state index is 13.6. The van der Waals surface area contributed by atoms with Crippen molar-refractivity contribution in [3.8, 4) is 0 Å². The third kappa shape index (κ3) is 3.78. The van der Waals surface area contributed by atoms with Crippen LogP contribution in [-0.4, -0.2) is 46.8 Å². The molecule has 1 aliphatic heterocycles. The highest BCUT2D eigenvalue weighted by molar-refractivity contribution is 7.26. The van der Waals surface area contributed by atoms with Gasteiger partial charge in [-0.25, -0.2) is 4.68 Å². The molecule has 1 atom stereocenters. The first kappa shape index (κ1) is 22.6. The molecule has 176 valence electrons. The standard InChI is InChI=1S/C27H30N4O2S/c1-5-21(26(32)30-14-12-29(13-15-30)22-16-17(2)10-11-18(22)3)31-27(33)24-20-8-6-7-9-23(20)34-25(24)19(4)28-31/h6-11,16,21H,5,12-15H2,1-4H3/t21-/m0/s1. The summed E-state index contributed by atoms with van der Waals surface area (Å²) in [6.07, 6.45) is 0.524. The Morgan fingerprint density at radius 1 is 1.06 bits per heavy atom. The van der Waals surface area contributed by atoms with E-state index in [1.807, 2.05) is 43.0 Å². The van der Waals surface area contributed by atoms with E-state index in [2.05, 4.69) is 42.0 Å². The molecule has 6 nitrogen and oxygen atoms in total. The first-order valence-electron chi connectivity index (χ1n) is 11.9. The fourth-order valence-corrected chi connectivity index (χ4v) is 6.12. The summed E-state index contributed by atoms with van der Waals surface area (Å²) in [6, 6.07) is 13.8. The number of fused-ring (bicyclic) bond motifs is 3. The number of anilines is 1. The summed E-state index contributed by atoms with van der Waals surface area (Å²) in [5.74, 6) is -0.0176. The van der Waals surface area contributed by atoms with Crippen LogP contribution in [0.25, 0.3) is 20.2 Å². The van der Waals surface area contributed by atoms with Crippen LogP contribution in [0.1, 0.15) is 36.2 Å². The molecule has 34 heavy (non-hydrogen) atoms. The Labute approximate surface area is 203 Å². The van der Waals surface area contributed by atoms with Gasteiger partial charge in [0.25, 0.3) is 5.56 Å². The monoisotopic (exact) mass is 474 g/mol. The molecule has 0 N–H and O–H groups in total. The minimum atomic E-state index is -0.596. The highest BCUT2D eigenvalue weighted by Gasteiger charge is 2.30. The molecule has 3 heterocycles. The van der Waals surface area contributed by atoms with E-state index in [1.165, 1.54) is 21.5 Å². The number of carbonyl (C=O) groups excluding carboxylic acids is 1. The third-order valence-electron chi connectivity index (χ3n) is 6.87. The van der Waals surface area contributed by atoms with Crippen LogP contribution in [0.4, 0.5) is 5.69 Å². The Kier molecular flexibility index (Phi) is 5.90. The van der Waals surface area contributed by atoms with Gasteiger partial charge in [-0.05, 0) is 50.5 Å². The Morgan fingerprint density at radius 3 is 2.53 bits per heavy atom. The number of amides is 1. The van der Waals surface area contributed by atoms with Gasteiger partial charge in [-0.3, -0.25) is 9.59 Å². The van der Waals surface area contributed by atoms with Gasteiger partial charge >= 0.3 is 0 Å². The van der Waals surface area contributed by atoms with Gasteiger partial charge in [0.1, 0.15) is 6.04 Å². The number of carbonyl (C=O) groups is 1. The molecule has 1 saturated heterocycles. The van der Waals surface area contributed by atoms with Gasteiger partial charge in [0, 0.05) is 42.0 Å². The summed E-state index contributed by atoms with van der Waals surface area (Å²) >= 11 is 1.59. The molecule has 1 aliphatic rings. The molecule has 2 aromatic heterocycles. The predicted molar refractivity (Wildman–Crippen MR) is 140 cm³/mol. The molecule has 0 spiro atoms. The van der Waals surface area contributed by atoms with Crippen LogP contribution in [0.2, 0.25) is 0 Å². The van der Waals surface area contributed by atoms with Crippen molar-refractivity contribution in [1.82, 2.24) is 14.7 Å². The summed E-state index contributed by atoms with van der Waals surface area (Å²) < 4.78 is 3.42. The van der Waals surface area contributed by atoms with Gasteiger partial charge in [-0.1, -0.05) is 37.3 Å². The van der Waals surface area contributed by atoms with Crippen LogP contribution in [0, 0.1) is 20.8 Å². The number of aromatic nitrogens is 2. The molecule has 2 aromatic carbocycles. The molecular formula is C27H30N4O2S. The second kappa shape index (κ2) is 8.87. The molecule has 4 aromatic rings. The largest absolute Gasteiger partial charge is 0.368 e. The summed E-state index contributed by atoms with van der Waals surface area (Å²) in [5, 5.41) is 6.24. The average molecular weight is 475 g/mol. The average Bonchev–Trinajstić information content (AvgIpc) is 3.25. The summed E-state index contributed by atoms with van der Waals surface area (Å²) in [4.78, 5) is 31.4. The SMILES string of the molecule is CC[C@@H](C(=O)N1CCN(c2cc(C)ccc2C)CC1)n1nc(C)c2sc3ccccc3c2c1=O. The van der Waals surface area contributed by atoms with Crippen LogP contribution in [0.15, 0.2) is 47.3 Å². The number of rotatable bonds is 4. The second-order valence-electron chi connectivity index (χ2n) is 9.16. The maximum Gasteiger partial charge on any atom is 0.276 e. The lowest BCUT2D eigenvalue weighted by atomic mass is 10.1. The van der Waals surface area contributed by atoms with Crippen molar-refractivity contribution in [2.24, 2.45) is 0 Å². The Morgan fingerprint density at radius 2 is 1.79 bits per heavy atom. The van der Waals surface area contributed by atoms with Gasteiger partial charge < -0.3 is 9.80 Å². The van der Waals surface area contributed by atoms with Crippen molar-refractivity contribution in [1.29, 1.82) is 0 Å². The van der Waals surface area contributed by atoms with E-state index in [0.29, 0.717) is 24.9 Å². The lowest BCUT2D eigenvalue weighted by molar-refractivity contribution is -0.135. The number of benzene rings is 2. The van der Waals surface area contributed by atoms with Gasteiger partial charge in [0.2, 0.25) is 5.91 Å². The lowest BCUT2D eigenvalue weighted by Gasteiger charge is -2.38. The summed E-state index contributed by atoms with van der Waals surface area (Å²) in [6.45, 7) is 10.9. The van der Waals surface area contributed by atoms with Crippen LogP contribution in [0.3, 0.4) is 0 Å². The number of piperazine rings is 1. The fraction of sp³-hybridized carbons (Fsp3) is 0.370. The predicted octanol–water partition coefficient (Wildman–Crippen LogP) is 4.84. The molecule has 0 saturated carbocycles. The molecule has 1 fully saturated rings. The molecular weight excluding hydrogens is 444 g/mol. The van der Waals surface area contributed by atoms with E-state index in [4.69, 9.17) is 0 Å². The number of nitrogens with zero attached hydrogens (tertiary/aromatic N) is 4. The summed E-state index contributed by atoms with van der Waals surface area (Å²) in [5.41, 5.74) is 4.35. The zero-order valence-corrected chi connectivity index (χ0v) is 21.0. The van der Waals surface area contributed by atoms with E-state index in [-0.39, 0.29) is 11.5 Å². The lowest BCUT2D eigenvalue weighted by Crippen LogP contribution is -2.51. The van der Waals surface area contributed by atoms with Gasteiger partial charge in [0.15, 0.2) is 0 Å². The number of thiophene rings is 1. The minimum Gasteiger partial charge on any atom is -0.368 e. The summed E-state index contributed by atoms with van der Waals surface area (Å²) in [7, 11) is 0. The fourth-order valence-electron chi connectivity index (χ4n) is 4.98.